The first-order valence-electron chi connectivity index (χ1n) is 7.60. The Kier molecular flexibility index (Phi) is 4.26. The van der Waals surface area contributed by atoms with Crippen molar-refractivity contribution in [2.45, 2.75) is 31.8 Å². The fraction of sp³-hybridized carbons (Fsp3) is 0.353. The summed E-state index contributed by atoms with van der Waals surface area (Å²) in [6.45, 7) is 0.480. The minimum atomic E-state index is -4.74. The highest BCUT2D eigenvalue weighted by molar-refractivity contribution is 5.94. The van der Waals surface area contributed by atoms with Crippen molar-refractivity contribution in [1.29, 1.82) is 0 Å². The van der Waals surface area contributed by atoms with Crippen LogP contribution in [0.5, 0.6) is 5.75 Å². The van der Waals surface area contributed by atoms with E-state index in [-0.39, 0.29) is 17.7 Å². The molecule has 1 aromatic heterocycles. The van der Waals surface area contributed by atoms with Crippen molar-refractivity contribution in [1.82, 2.24) is 9.47 Å². The van der Waals surface area contributed by atoms with E-state index in [2.05, 4.69) is 4.74 Å². The fourth-order valence-electron chi connectivity index (χ4n) is 2.55. The second-order valence-corrected chi connectivity index (χ2v) is 5.85. The van der Waals surface area contributed by atoms with Crippen LogP contribution >= 0.6 is 0 Å². The molecule has 1 amide bonds. The number of ether oxygens (including phenoxy) is 1. The highest BCUT2D eigenvalue weighted by atomic mass is 19.4. The van der Waals surface area contributed by atoms with Crippen LogP contribution in [0.15, 0.2) is 42.6 Å². The summed E-state index contributed by atoms with van der Waals surface area (Å²) in [5.74, 6) is -0.517. The average Bonchev–Trinajstić information content (AvgIpc) is 3.27. The summed E-state index contributed by atoms with van der Waals surface area (Å²) in [5.41, 5.74) is 1.36. The number of alkyl halides is 3. The zero-order valence-electron chi connectivity index (χ0n) is 13.1. The molecule has 1 heterocycles. The summed E-state index contributed by atoms with van der Waals surface area (Å²) in [5, 5.41) is 0. The molecule has 128 valence electrons. The van der Waals surface area contributed by atoms with E-state index in [1.165, 1.54) is 12.1 Å². The number of aromatic nitrogens is 1. The van der Waals surface area contributed by atoms with Crippen molar-refractivity contribution in [2.75, 3.05) is 0 Å². The average molecular weight is 338 g/mol. The summed E-state index contributed by atoms with van der Waals surface area (Å²) in [6, 6.07) is 9.10. The van der Waals surface area contributed by atoms with Gasteiger partial charge in [-0.1, -0.05) is 0 Å². The van der Waals surface area contributed by atoms with E-state index >= 15 is 0 Å². The van der Waals surface area contributed by atoms with E-state index in [0.29, 0.717) is 12.1 Å². The maximum Gasteiger partial charge on any atom is 0.573 e. The molecule has 1 aromatic carbocycles. The van der Waals surface area contributed by atoms with Crippen molar-refractivity contribution in [3.8, 4) is 5.75 Å². The molecule has 1 saturated carbocycles. The van der Waals surface area contributed by atoms with Gasteiger partial charge in [-0.05, 0) is 49.2 Å². The molecule has 0 aliphatic heterocycles. The monoisotopic (exact) mass is 338 g/mol. The van der Waals surface area contributed by atoms with Crippen molar-refractivity contribution < 1.29 is 22.7 Å². The number of hydrogen-bond donors (Lipinski definition) is 0. The third kappa shape index (κ3) is 3.90. The number of benzene rings is 1. The largest absolute Gasteiger partial charge is 0.573 e. The number of carbonyl (C=O) groups is 1. The van der Waals surface area contributed by atoms with Crippen LogP contribution in [0.3, 0.4) is 0 Å². The maximum absolute atomic E-state index is 12.7. The van der Waals surface area contributed by atoms with Crippen LogP contribution in [0.2, 0.25) is 0 Å². The lowest BCUT2D eigenvalue weighted by atomic mass is 10.2. The smallest absolute Gasteiger partial charge is 0.406 e. The number of hydrogen-bond acceptors (Lipinski definition) is 2. The van der Waals surface area contributed by atoms with Crippen LogP contribution < -0.4 is 4.74 Å². The molecule has 0 saturated heterocycles. The van der Waals surface area contributed by atoms with E-state index in [1.54, 1.807) is 4.90 Å². The fourth-order valence-corrected chi connectivity index (χ4v) is 2.55. The molecule has 0 radical (unpaired) electrons. The highest BCUT2D eigenvalue weighted by Gasteiger charge is 2.34. The topological polar surface area (TPSA) is 34.5 Å². The van der Waals surface area contributed by atoms with Crippen LogP contribution in [0.25, 0.3) is 0 Å². The zero-order valence-corrected chi connectivity index (χ0v) is 13.1. The second kappa shape index (κ2) is 6.22. The molecule has 0 spiro atoms. The minimum absolute atomic E-state index is 0.183. The van der Waals surface area contributed by atoms with Crippen molar-refractivity contribution in [3.05, 3.63) is 53.9 Å². The van der Waals surface area contributed by atoms with E-state index < -0.39 is 6.36 Å². The SMILES string of the molecule is Cn1cccc1CN(C(=O)c1ccc(OC(F)(F)F)cc1)C1CC1. The van der Waals surface area contributed by atoms with Crippen LogP contribution in [-0.4, -0.2) is 27.8 Å². The molecule has 7 heteroatoms. The van der Waals surface area contributed by atoms with Gasteiger partial charge in [0.15, 0.2) is 0 Å². The normalized spacial score (nSPS) is 14.5. The predicted molar refractivity (Wildman–Crippen MR) is 81.4 cm³/mol. The molecule has 2 aromatic rings. The van der Waals surface area contributed by atoms with Gasteiger partial charge in [-0.2, -0.15) is 0 Å². The second-order valence-electron chi connectivity index (χ2n) is 5.85. The van der Waals surface area contributed by atoms with Gasteiger partial charge >= 0.3 is 6.36 Å². The van der Waals surface area contributed by atoms with Gasteiger partial charge in [0.05, 0.1) is 6.54 Å². The molecule has 3 rings (SSSR count). The lowest BCUT2D eigenvalue weighted by Gasteiger charge is -2.23. The van der Waals surface area contributed by atoms with Crippen molar-refractivity contribution >= 4 is 5.91 Å². The third-order valence-corrected chi connectivity index (χ3v) is 3.97. The summed E-state index contributed by atoms with van der Waals surface area (Å²) in [4.78, 5) is 14.5. The lowest BCUT2D eigenvalue weighted by Crippen LogP contribution is -2.33. The van der Waals surface area contributed by atoms with E-state index in [9.17, 15) is 18.0 Å². The molecule has 1 aliphatic carbocycles. The summed E-state index contributed by atoms with van der Waals surface area (Å²) in [7, 11) is 1.91. The Balaban J connectivity index is 1.74. The van der Waals surface area contributed by atoms with Gasteiger partial charge < -0.3 is 14.2 Å². The first-order chi connectivity index (χ1) is 11.3. The van der Waals surface area contributed by atoms with Crippen LogP contribution in [0, 0.1) is 0 Å². The van der Waals surface area contributed by atoms with E-state index in [0.717, 1.165) is 30.7 Å². The van der Waals surface area contributed by atoms with Gasteiger partial charge in [-0.3, -0.25) is 4.79 Å². The number of carbonyl (C=O) groups excluding carboxylic acids is 1. The Labute approximate surface area is 137 Å². The molecule has 4 nitrogen and oxygen atoms in total. The Bertz CT molecular complexity index is 718. The maximum atomic E-state index is 12.7. The molecule has 0 bridgehead atoms. The molecule has 0 unspecified atom stereocenters. The third-order valence-electron chi connectivity index (χ3n) is 3.97. The number of nitrogens with zero attached hydrogens (tertiary/aromatic N) is 2. The quantitative estimate of drug-likeness (QED) is 0.833. The molecule has 1 aliphatic rings. The van der Waals surface area contributed by atoms with Gasteiger partial charge in [0.25, 0.3) is 5.91 Å². The summed E-state index contributed by atoms with van der Waals surface area (Å²) in [6.07, 6.45) is -0.927. The standard InChI is InChI=1S/C17H17F3N2O2/c1-21-10-2-3-14(21)11-22(13-6-7-13)16(23)12-4-8-15(9-5-12)24-17(18,19)20/h2-5,8-10,13H,6-7,11H2,1H3. The van der Waals surface area contributed by atoms with E-state index in [4.69, 9.17) is 0 Å². The van der Waals surface area contributed by atoms with Gasteiger partial charge in [0.1, 0.15) is 5.75 Å². The molecular formula is C17H17F3N2O2. The summed E-state index contributed by atoms with van der Waals surface area (Å²) >= 11 is 0. The van der Waals surface area contributed by atoms with Crippen LogP contribution in [-0.2, 0) is 13.6 Å². The van der Waals surface area contributed by atoms with Crippen LogP contribution in [0.1, 0.15) is 28.9 Å². The number of halogens is 3. The van der Waals surface area contributed by atoms with Gasteiger partial charge in [0, 0.05) is 30.5 Å². The first kappa shape index (κ1) is 16.4. The first-order valence-corrected chi connectivity index (χ1v) is 7.60. The Morgan fingerprint density at radius 1 is 1.25 bits per heavy atom. The minimum Gasteiger partial charge on any atom is -0.406 e. The molecule has 0 N–H and O–H groups in total. The summed E-state index contributed by atoms with van der Waals surface area (Å²) < 4.78 is 42.4. The number of amides is 1. The van der Waals surface area contributed by atoms with Gasteiger partial charge in [-0.15, -0.1) is 13.2 Å². The molecular weight excluding hydrogens is 321 g/mol. The molecule has 1 fully saturated rings. The van der Waals surface area contributed by atoms with E-state index in [1.807, 2.05) is 29.9 Å². The highest BCUT2D eigenvalue weighted by Crippen LogP contribution is 2.30. The molecule has 24 heavy (non-hydrogen) atoms. The Morgan fingerprint density at radius 3 is 2.42 bits per heavy atom. The van der Waals surface area contributed by atoms with Crippen molar-refractivity contribution in [3.63, 3.8) is 0 Å². The molecule has 0 atom stereocenters. The van der Waals surface area contributed by atoms with Crippen molar-refractivity contribution in [2.24, 2.45) is 7.05 Å². The lowest BCUT2D eigenvalue weighted by molar-refractivity contribution is -0.274. The Hall–Kier alpha value is -2.44. The predicted octanol–water partition coefficient (Wildman–Crippen LogP) is 3.73. The number of aryl methyl sites for hydroxylation is 1. The Morgan fingerprint density at radius 2 is 1.92 bits per heavy atom. The van der Waals surface area contributed by atoms with Gasteiger partial charge in [0.2, 0.25) is 0 Å². The van der Waals surface area contributed by atoms with Gasteiger partial charge in [-0.25, -0.2) is 0 Å². The zero-order chi connectivity index (χ0) is 17.3. The number of rotatable bonds is 5. The van der Waals surface area contributed by atoms with Crippen LogP contribution in [0.4, 0.5) is 13.2 Å².